The Labute approximate surface area is 112 Å². The molecule has 0 saturated heterocycles. The SMILES string of the molecule is CCC(C)(C)C1CCC(O)(C2(CN)CCC2)CC1. The number of hydrogen-bond acceptors (Lipinski definition) is 2. The molecule has 106 valence electrons. The summed E-state index contributed by atoms with van der Waals surface area (Å²) < 4.78 is 0. The highest BCUT2D eigenvalue weighted by Gasteiger charge is 2.54. The van der Waals surface area contributed by atoms with E-state index in [1.807, 2.05) is 0 Å². The Balaban J connectivity index is 2.01. The van der Waals surface area contributed by atoms with Crippen LogP contribution in [0.1, 0.15) is 72.1 Å². The first-order valence-corrected chi connectivity index (χ1v) is 7.82. The summed E-state index contributed by atoms with van der Waals surface area (Å²) in [7, 11) is 0. The van der Waals surface area contributed by atoms with E-state index in [-0.39, 0.29) is 5.41 Å². The minimum Gasteiger partial charge on any atom is -0.389 e. The molecule has 18 heavy (non-hydrogen) atoms. The van der Waals surface area contributed by atoms with Crippen LogP contribution in [0.2, 0.25) is 0 Å². The van der Waals surface area contributed by atoms with Crippen LogP contribution < -0.4 is 5.73 Å². The first kappa shape index (κ1) is 14.3. The minimum absolute atomic E-state index is 0.0638. The second-order valence-corrected chi connectivity index (χ2v) is 7.49. The Morgan fingerprint density at radius 1 is 1.17 bits per heavy atom. The van der Waals surface area contributed by atoms with Gasteiger partial charge in [0.15, 0.2) is 0 Å². The Morgan fingerprint density at radius 3 is 2.06 bits per heavy atom. The molecule has 0 unspecified atom stereocenters. The fourth-order valence-corrected chi connectivity index (χ4v) is 4.16. The number of aliphatic hydroxyl groups is 1. The van der Waals surface area contributed by atoms with Crippen LogP contribution in [0.4, 0.5) is 0 Å². The number of nitrogens with two attached hydrogens (primary N) is 1. The molecule has 2 rings (SSSR count). The monoisotopic (exact) mass is 253 g/mol. The smallest absolute Gasteiger partial charge is 0.0716 e. The van der Waals surface area contributed by atoms with Crippen molar-refractivity contribution >= 4 is 0 Å². The molecule has 0 heterocycles. The lowest BCUT2D eigenvalue weighted by molar-refractivity contribution is -0.154. The molecule has 2 nitrogen and oxygen atoms in total. The Hall–Kier alpha value is -0.0800. The van der Waals surface area contributed by atoms with Crippen LogP contribution in [-0.4, -0.2) is 17.3 Å². The van der Waals surface area contributed by atoms with Crippen molar-refractivity contribution in [3.05, 3.63) is 0 Å². The molecule has 0 aromatic rings. The van der Waals surface area contributed by atoms with Crippen molar-refractivity contribution in [1.82, 2.24) is 0 Å². The van der Waals surface area contributed by atoms with Crippen molar-refractivity contribution in [1.29, 1.82) is 0 Å². The van der Waals surface area contributed by atoms with Gasteiger partial charge >= 0.3 is 0 Å². The summed E-state index contributed by atoms with van der Waals surface area (Å²) in [6.45, 7) is 7.72. The molecular weight excluding hydrogens is 222 g/mol. The van der Waals surface area contributed by atoms with Crippen molar-refractivity contribution in [2.24, 2.45) is 22.5 Å². The summed E-state index contributed by atoms with van der Waals surface area (Å²) in [5.41, 5.74) is 6.00. The van der Waals surface area contributed by atoms with Crippen molar-refractivity contribution in [3.63, 3.8) is 0 Å². The van der Waals surface area contributed by atoms with E-state index in [0.717, 1.165) is 31.6 Å². The predicted octanol–water partition coefficient (Wildman–Crippen LogP) is 3.47. The van der Waals surface area contributed by atoms with E-state index >= 15 is 0 Å². The van der Waals surface area contributed by atoms with E-state index in [4.69, 9.17) is 5.73 Å². The Bertz CT molecular complexity index is 280. The van der Waals surface area contributed by atoms with Gasteiger partial charge in [-0.15, -0.1) is 0 Å². The largest absolute Gasteiger partial charge is 0.389 e. The van der Waals surface area contributed by atoms with Gasteiger partial charge in [-0.05, 0) is 49.9 Å². The summed E-state index contributed by atoms with van der Waals surface area (Å²) >= 11 is 0. The molecule has 0 aromatic carbocycles. The van der Waals surface area contributed by atoms with Gasteiger partial charge in [-0.2, -0.15) is 0 Å². The zero-order valence-corrected chi connectivity index (χ0v) is 12.5. The average molecular weight is 253 g/mol. The van der Waals surface area contributed by atoms with Crippen LogP contribution >= 0.6 is 0 Å². The third kappa shape index (κ3) is 2.12. The Kier molecular flexibility index (Phi) is 3.81. The van der Waals surface area contributed by atoms with Crippen LogP contribution in [0.15, 0.2) is 0 Å². The van der Waals surface area contributed by atoms with E-state index in [0.29, 0.717) is 12.0 Å². The summed E-state index contributed by atoms with van der Waals surface area (Å²) in [5.74, 6) is 0.776. The van der Waals surface area contributed by atoms with Crippen molar-refractivity contribution in [2.45, 2.75) is 77.7 Å². The van der Waals surface area contributed by atoms with Gasteiger partial charge in [-0.1, -0.05) is 33.6 Å². The highest BCUT2D eigenvalue weighted by atomic mass is 16.3. The maximum Gasteiger partial charge on any atom is 0.0716 e. The molecule has 3 N–H and O–H groups in total. The minimum atomic E-state index is -0.458. The maximum atomic E-state index is 11.0. The van der Waals surface area contributed by atoms with Crippen LogP contribution in [0.25, 0.3) is 0 Å². The van der Waals surface area contributed by atoms with Gasteiger partial charge in [-0.3, -0.25) is 0 Å². The molecule has 0 spiro atoms. The average Bonchev–Trinajstić information content (AvgIpc) is 2.28. The van der Waals surface area contributed by atoms with E-state index in [2.05, 4.69) is 20.8 Å². The second-order valence-electron chi connectivity index (χ2n) is 7.49. The highest BCUT2D eigenvalue weighted by Crippen LogP contribution is 2.56. The summed E-state index contributed by atoms with van der Waals surface area (Å²) in [5, 5.41) is 11.0. The van der Waals surface area contributed by atoms with Crippen LogP contribution in [-0.2, 0) is 0 Å². The quantitative estimate of drug-likeness (QED) is 0.806. The lowest BCUT2D eigenvalue weighted by atomic mass is 9.52. The molecule has 2 saturated carbocycles. The molecule has 0 aromatic heterocycles. The van der Waals surface area contributed by atoms with E-state index in [9.17, 15) is 5.11 Å². The highest BCUT2D eigenvalue weighted by molar-refractivity contribution is 5.06. The van der Waals surface area contributed by atoms with Gasteiger partial charge < -0.3 is 10.8 Å². The fourth-order valence-electron chi connectivity index (χ4n) is 4.16. The summed E-state index contributed by atoms with van der Waals surface area (Å²) in [6, 6.07) is 0. The fraction of sp³-hybridized carbons (Fsp3) is 1.00. The first-order chi connectivity index (χ1) is 8.39. The van der Waals surface area contributed by atoms with Crippen LogP contribution in [0.5, 0.6) is 0 Å². The molecule has 2 heteroatoms. The summed E-state index contributed by atoms with van der Waals surface area (Å²) in [6.07, 6.45) is 9.07. The topological polar surface area (TPSA) is 46.2 Å². The third-order valence-corrected chi connectivity index (χ3v) is 6.52. The molecule has 0 radical (unpaired) electrons. The third-order valence-electron chi connectivity index (χ3n) is 6.52. The molecule has 0 bridgehead atoms. The molecule has 2 fully saturated rings. The zero-order chi connectivity index (χ0) is 13.4. The number of rotatable bonds is 4. The lowest BCUT2D eigenvalue weighted by Gasteiger charge is -2.56. The summed E-state index contributed by atoms with van der Waals surface area (Å²) in [4.78, 5) is 0. The second kappa shape index (κ2) is 4.79. The van der Waals surface area contributed by atoms with Gasteiger partial charge in [0.2, 0.25) is 0 Å². The Morgan fingerprint density at radius 2 is 1.72 bits per heavy atom. The van der Waals surface area contributed by atoms with Crippen molar-refractivity contribution in [2.75, 3.05) is 6.54 Å². The maximum absolute atomic E-state index is 11.0. The molecule has 0 amide bonds. The predicted molar refractivity (Wildman–Crippen MR) is 76.3 cm³/mol. The number of hydrogen-bond donors (Lipinski definition) is 2. The van der Waals surface area contributed by atoms with Gasteiger partial charge in [-0.25, -0.2) is 0 Å². The first-order valence-electron chi connectivity index (χ1n) is 7.82. The van der Waals surface area contributed by atoms with Gasteiger partial charge in [0, 0.05) is 12.0 Å². The molecule has 0 aliphatic heterocycles. The van der Waals surface area contributed by atoms with Crippen molar-refractivity contribution < 1.29 is 5.11 Å². The normalized spacial score (nSPS) is 36.2. The van der Waals surface area contributed by atoms with Gasteiger partial charge in [0.1, 0.15) is 0 Å². The van der Waals surface area contributed by atoms with Crippen molar-refractivity contribution in [3.8, 4) is 0 Å². The standard InChI is InChI=1S/C16H31NO/c1-4-14(2,3)13-6-10-16(18,11-7-13)15(12-17)8-5-9-15/h13,18H,4-12,17H2,1-3H3. The van der Waals surface area contributed by atoms with Gasteiger partial charge in [0.05, 0.1) is 5.60 Å². The van der Waals surface area contributed by atoms with E-state index in [1.54, 1.807) is 0 Å². The van der Waals surface area contributed by atoms with Crippen LogP contribution in [0, 0.1) is 16.7 Å². The van der Waals surface area contributed by atoms with E-state index < -0.39 is 5.60 Å². The molecule has 2 aliphatic rings. The zero-order valence-electron chi connectivity index (χ0n) is 12.5. The molecule has 2 aliphatic carbocycles. The van der Waals surface area contributed by atoms with Gasteiger partial charge in [0.25, 0.3) is 0 Å². The molecular formula is C16H31NO. The lowest BCUT2D eigenvalue weighted by Crippen LogP contribution is -2.58. The van der Waals surface area contributed by atoms with E-state index in [1.165, 1.54) is 25.7 Å². The van der Waals surface area contributed by atoms with Crippen LogP contribution in [0.3, 0.4) is 0 Å². The molecule has 0 atom stereocenters.